The normalized spacial score (nSPS) is 17.8. The summed E-state index contributed by atoms with van der Waals surface area (Å²) in [6.45, 7) is 5.56. The molecule has 2 atom stereocenters. The predicted octanol–water partition coefficient (Wildman–Crippen LogP) is 7.02. The molecule has 1 aliphatic rings. The molecule has 0 aliphatic heterocycles. The van der Waals surface area contributed by atoms with Gasteiger partial charge < -0.3 is 4.74 Å². The van der Waals surface area contributed by atoms with Gasteiger partial charge in [-0.25, -0.2) is 4.79 Å². The fourth-order valence-electron chi connectivity index (χ4n) is 4.30. The first-order chi connectivity index (χ1) is 15.6. The second kappa shape index (κ2) is 8.50. The van der Waals surface area contributed by atoms with E-state index in [0.717, 1.165) is 17.7 Å². The number of ether oxygens (including phenoxy) is 1. The van der Waals surface area contributed by atoms with Gasteiger partial charge in [-0.2, -0.15) is 13.2 Å². The summed E-state index contributed by atoms with van der Waals surface area (Å²) in [6, 6.07) is 17.2. The van der Waals surface area contributed by atoms with Crippen molar-refractivity contribution in [3.8, 4) is 0 Å². The van der Waals surface area contributed by atoms with E-state index in [2.05, 4.69) is 0 Å². The minimum atomic E-state index is -4.49. The van der Waals surface area contributed by atoms with Crippen LogP contribution in [-0.2, 0) is 10.9 Å². The van der Waals surface area contributed by atoms with E-state index >= 15 is 0 Å². The smallest absolute Gasteiger partial charge is 0.416 e. The molecule has 0 N–H and O–H groups in total. The van der Waals surface area contributed by atoms with E-state index in [1.807, 2.05) is 19.9 Å². The van der Waals surface area contributed by atoms with Gasteiger partial charge in [0.05, 0.1) is 17.0 Å². The van der Waals surface area contributed by atoms with Crippen LogP contribution in [0.4, 0.5) is 13.2 Å². The summed E-state index contributed by atoms with van der Waals surface area (Å²) in [5, 5.41) is 0. The molecule has 0 saturated carbocycles. The molecule has 0 fully saturated rings. The van der Waals surface area contributed by atoms with Gasteiger partial charge in [-0.1, -0.05) is 56.3 Å². The van der Waals surface area contributed by atoms with Gasteiger partial charge in [-0.15, -0.1) is 0 Å². The van der Waals surface area contributed by atoms with E-state index in [-0.39, 0.29) is 11.7 Å². The molecule has 0 saturated heterocycles. The zero-order chi connectivity index (χ0) is 23.9. The third-order valence-corrected chi connectivity index (χ3v) is 6.07. The van der Waals surface area contributed by atoms with Crippen molar-refractivity contribution in [2.45, 2.75) is 44.9 Å². The number of rotatable bonds is 4. The Morgan fingerprint density at radius 2 is 1.67 bits per heavy atom. The van der Waals surface area contributed by atoms with Gasteiger partial charge in [0.25, 0.3) is 0 Å². The average Bonchev–Trinajstić information content (AvgIpc) is 3.05. The molecule has 3 aromatic rings. The van der Waals surface area contributed by atoms with E-state index in [1.165, 1.54) is 13.0 Å². The minimum Gasteiger partial charge on any atom is -0.453 e. The summed E-state index contributed by atoms with van der Waals surface area (Å²) in [6.07, 6.45) is -5.42. The second-order valence-corrected chi connectivity index (χ2v) is 8.60. The lowest BCUT2D eigenvalue weighted by molar-refractivity contribution is -0.137. The number of hydrogen-bond acceptors (Lipinski definition) is 3. The van der Waals surface area contributed by atoms with Crippen molar-refractivity contribution >= 4 is 11.8 Å². The number of carbonyl (C=O) groups excluding carboxylic acids is 2. The van der Waals surface area contributed by atoms with Crippen LogP contribution in [0.1, 0.15) is 80.3 Å². The number of esters is 1. The number of ketones is 1. The minimum absolute atomic E-state index is 0.217. The van der Waals surface area contributed by atoms with E-state index in [0.29, 0.717) is 27.8 Å². The van der Waals surface area contributed by atoms with Crippen molar-refractivity contribution in [1.29, 1.82) is 0 Å². The number of Topliss-reactive ketones (excluding diaryl/α,β-unsaturated/α-hetero) is 1. The van der Waals surface area contributed by atoms with Crippen LogP contribution < -0.4 is 0 Å². The first kappa shape index (κ1) is 22.8. The molecular weight excluding hydrogens is 429 g/mol. The Kier molecular flexibility index (Phi) is 5.87. The third-order valence-electron chi connectivity index (χ3n) is 6.07. The van der Waals surface area contributed by atoms with Crippen LogP contribution in [-0.4, -0.2) is 11.8 Å². The fourth-order valence-corrected chi connectivity index (χ4v) is 4.30. The summed E-state index contributed by atoms with van der Waals surface area (Å²) in [5.74, 6) is -1.56. The highest BCUT2D eigenvalue weighted by atomic mass is 19.4. The van der Waals surface area contributed by atoms with E-state index in [4.69, 9.17) is 4.74 Å². The van der Waals surface area contributed by atoms with Gasteiger partial charge in [0.15, 0.2) is 5.78 Å². The Morgan fingerprint density at radius 3 is 2.33 bits per heavy atom. The fraction of sp³-hybridized carbons (Fsp3) is 0.259. The number of halogens is 3. The Hall–Kier alpha value is -3.41. The predicted molar refractivity (Wildman–Crippen MR) is 118 cm³/mol. The number of hydrogen-bond donors (Lipinski definition) is 0. The Morgan fingerprint density at radius 1 is 0.939 bits per heavy atom. The zero-order valence-electron chi connectivity index (χ0n) is 18.4. The van der Waals surface area contributed by atoms with Crippen LogP contribution in [0.5, 0.6) is 0 Å². The number of alkyl halides is 3. The quantitative estimate of drug-likeness (QED) is 0.400. The molecule has 0 spiro atoms. The van der Waals surface area contributed by atoms with Gasteiger partial charge >= 0.3 is 12.1 Å². The number of benzene rings is 3. The summed E-state index contributed by atoms with van der Waals surface area (Å²) >= 11 is 0. The molecular formula is C27H23F3O3. The first-order valence-corrected chi connectivity index (χ1v) is 10.7. The molecule has 170 valence electrons. The number of carbonyl (C=O) groups is 2. The summed E-state index contributed by atoms with van der Waals surface area (Å²) < 4.78 is 45.3. The van der Waals surface area contributed by atoms with Crippen molar-refractivity contribution in [3.05, 3.63) is 106 Å². The van der Waals surface area contributed by atoms with Crippen LogP contribution in [0.15, 0.2) is 66.7 Å². The summed E-state index contributed by atoms with van der Waals surface area (Å²) in [4.78, 5) is 26.3. The maximum absolute atomic E-state index is 13.3. The molecule has 3 aromatic carbocycles. The highest BCUT2D eigenvalue weighted by Gasteiger charge is 2.44. The van der Waals surface area contributed by atoms with E-state index in [9.17, 15) is 22.8 Å². The molecule has 6 heteroatoms. The molecule has 0 radical (unpaired) electrons. The molecule has 3 nitrogen and oxygen atoms in total. The van der Waals surface area contributed by atoms with Crippen LogP contribution in [0.2, 0.25) is 0 Å². The lowest BCUT2D eigenvalue weighted by atomic mass is 9.88. The number of fused-ring (bicyclic) bond motifs is 1. The topological polar surface area (TPSA) is 43.4 Å². The molecule has 4 rings (SSSR count). The monoisotopic (exact) mass is 452 g/mol. The van der Waals surface area contributed by atoms with Gasteiger partial charge in [-0.3, -0.25) is 4.79 Å². The average molecular weight is 452 g/mol. The lowest BCUT2D eigenvalue weighted by Crippen LogP contribution is -2.19. The van der Waals surface area contributed by atoms with Crippen molar-refractivity contribution < 1.29 is 27.5 Å². The molecule has 0 heterocycles. The molecule has 0 aromatic heterocycles. The molecule has 1 aliphatic carbocycles. The lowest BCUT2D eigenvalue weighted by Gasteiger charge is -2.23. The van der Waals surface area contributed by atoms with Crippen molar-refractivity contribution in [2.75, 3.05) is 0 Å². The maximum Gasteiger partial charge on any atom is 0.416 e. The van der Waals surface area contributed by atoms with Gasteiger partial charge in [0.2, 0.25) is 0 Å². The molecule has 2 unspecified atom stereocenters. The zero-order valence-corrected chi connectivity index (χ0v) is 18.4. The first-order valence-electron chi connectivity index (χ1n) is 10.7. The second-order valence-electron chi connectivity index (χ2n) is 8.60. The SMILES string of the molecule is Cc1cc(C(F)(F)F)ccc1C1C(=O)c2ccccc2C1OC(=O)c1cccc(C(C)C)c1. The van der Waals surface area contributed by atoms with Crippen molar-refractivity contribution in [1.82, 2.24) is 0 Å². The van der Waals surface area contributed by atoms with Crippen LogP contribution in [0.3, 0.4) is 0 Å². The van der Waals surface area contributed by atoms with E-state index < -0.39 is 29.7 Å². The highest BCUT2D eigenvalue weighted by Crippen LogP contribution is 2.46. The van der Waals surface area contributed by atoms with Gasteiger partial charge in [0.1, 0.15) is 6.10 Å². The van der Waals surface area contributed by atoms with Gasteiger partial charge in [-0.05, 0) is 53.8 Å². The van der Waals surface area contributed by atoms with Gasteiger partial charge in [0, 0.05) is 11.1 Å². The Bertz CT molecular complexity index is 1230. The molecule has 33 heavy (non-hydrogen) atoms. The van der Waals surface area contributed by atoms with Crippen LogP contribution in [0, 0.1) is 6.92 Å². The highest BCUT2D eigenvalue weighted by molar-refractivity contribution is 6.06. The van der Waals surface area contributed by atoms with E-state index in [1.54, 1.807) is 42.5 Å². The van der Waals surface area contributed by atoms with Crippen molar-refractivity contribution in [2.24, 2.45) is 0 Å². The maximum atomic E-state index is 13.3. The van der Waals surface area contributed by atoms with Crippen LogP contribution in [0.25, 0.3) is 0 Å². The molecule has 0 bridgehead atoms. The largest absolute Gasteiger partial charge is 0.453 e. The Labute approximate surface area is 190 Å². The third kappa shape index (κ3) is 4.30. The van der Waals surface area contributed by atoms with Crippen molar-refractivity contribution in [3.63, 3.8) is 0 Å². The summed E-state index contributed by atoms with van der Waals surface area (Å²) in [5.41, 5.74) is 2.25. The summed E-state index contributed by atoms with van der Waals surface area (Å²) in [7, 11) is 0. The Balaban J connectivity index is 1.74. The number of aryl methyl sites for hydroxylation is 1. The standard InChI is InChI=1S/C27H23F3O3/c1-15(2)17-7-6-8-18(14-17)26(32)33-25-22-10-5-4-9-21(22)24(31)23(25)20-12-11-19(13-16(20)3)27(28,29)30/h4-15,23,25H,1-3H3. The van der Waals surface area contributed by atoms with Crippen LogP contribution >= 0.6 is 0 Å². The molecule has 0 amide bonds.